The molecule has 0 fully saturated rings. The number of anilines is 1. The van der Waals surface area contributed by atoms with Gasteiger partial charge in [0, 0.05) is 6.54 Å². The van der Waals surface area contributed by atoms with Gasteiger partial charge in [-0.3, -0.25) is 0 Å². The summed E-state index contributed by atoms with van der Waals surface area (Å²) in [6.45, 7) is 0.683. The largest absolute Gasteiger partial charge is 0.478 e. The van der Waals surface area contributed by atoms with Crippen molar-refractivity contribution in [1.29, 1.82) is 0 Å². The number of nitrogens with zero attached hydrogens (tertiary/aromatic N) is 2. The number of hydrogen-bond acceptors (Lipinski definition) is 4. The predicted molar refractivity (Wildman–Crippen MR) is 72.6 cm³/mol. The molecule has 0 unspecified atom stereocenters. The Kier molecular flexibility index (Phi) is 4.30. The second-order valence-corrected chi connectivity index (χ2v) is 4.31. The van der Waals surface area contributed by atoms with E-state index in [0.29, 0.717) is 23.1 Å². The van der Waals surface area contributed by atoms with Gasteiger partial charge in [-0.15, -0.1) is 10.2 Å². The van der Waals surface area contributed by atoms with Crippen LogP contribution in [0.3, 0.4) is 0 Å². The van der Waals surface area contributed by atoms with Crippen molar-refractivity contribution >= 4 is 23.4 Å². The van der Waals surface area contributed by atoms with Gasteiger partial charge in [0.1, 0.15) is 5.82 Å². The molecule has 2 rings (SSSR count). The van der Waals surface area contributed by atoms with Gasteiger partial charge >= 0.3 is 5.97 Å². The normalized spacial score (nSPS) is 10.2. The molecule has 1 aromatic heterocycles. The summed E-state index contributed by atoms with van der Waals surface area (Å²) in [5.41, 5.74) is 1.35. The van der Waals surface area contributed by atoms with E-state index >= 15 is 0 Å². The molecule has 0 spiro atoms. The summed E-state index contributed by atoms with van der Waals surface area (Å²) >= 11 is 5.63. The molecule has 1 aromatic carbocycles. The van der Waals surface area contributed by atoms with E-state index in [0.717, 1.165) is 12.0 Å². The summed E-state index contributed by atoms with van der Waals surface area (Å²) in [6.07, 6.45) is 0.768. The Labute approximate surface area is 115 Å². The Morgan fingerprint density at radius 3 is 2.47 bits per heavy atom. The molecule has 2 aromatic rings. The fourth-order valence-electron chi connectivity index (χ4n) is 1.56. The highest BCUT2D eigenvalue weighted by molar-refractivity contribution is 6.29. The maximum absolute atomic E-state index is 10.7. The minimum atomic E-state index is -0.916. The van der Waals surface area contributed by atoms with Gasteiger partial charge in [-0.2, -0.15) is 0 Å². The number of carboxylic acids is 1. The van der Waals surface area contributed by atoms with Crippen LogP contribution >= 0.6 is 11.6 Å². The first-order chi connectivity index (χ1) is 9.15. The van der Waals surface area contributed by atoms with E-state index in [1.165, 1.54) is 0 Å². The van der Waals surface area contributed by atoms with E-state index in [1.807, 2.05) is 0 Å². The third kappa shape index (κ3) is 3.93. The van der Waals surface area contributed by atoms with Crippen LogP contribution < -0.4 is 5.32 Å². The minimum Gasteiger partial charge on any atom is -0.478 e. The molecule has 0 saturated carbocycles. The molecule has 0 bridgehead atoms. The predicted octanol–water partition coefficient (Wildman–Crippen LogP) is 2.48. The molecular weight excluding hydrogens is 266 g/mol. The average molecular weight is 278 g/mol. The van der Waals surface area contributed by atoms with E-state index < -0.39 is 5.97 Å². The van der Waals surface area contributed by atoms with E-state index in [-0.39, 0.29) is 0 Å². The van der Waals surface area contributed by atoms with Crippen LogP contribution in [0.4, 0.5) is 5.82 Å². The fourth-order valence-corrected chi connectivity index (χ4v) is 1.66. The lowest BCUT2D eigenvalue weighted by atomic mass is 10.1. The van der Waals surface area contributed by atoms with E-state index in [2.05, 4.69) is 15.5 Å². The topological polar surface area (TPSA) is 75.1 Å². The SMILES string of the molecule is O=C(O)c1ccc(CCNc2ccc(Cl)nn2)cc1. The molecule has 2 N–H and O–H groups in total. The van der Waals surface area contributed by atoms with Crippen LogP contribution in [-0.2, 0) is 6.42 Å². The number of rotatable bonds is 5. The first-order valence-corrected chi connectivity index (χ1v) is 6.08. The van der Waals surface area contributed by atoms with Crippen LogP contribution in [0.25, 0.3) is 0 Å². The quantitative estimate of drug-likeness (QED) is 0.878. The lowest BCUT2D eigenvalue weighted by molar-refractivity contribution is 0.0697. The Morgan fingerprint density at radius 1 is 1.16 bits per heavy atom. The Balaban J connectivity index is 1.85. The number of aromatic carboxylic acids is 1. The minimum absolute atomic E-state index is 0.292. The van der Waals surface area contributed by atoms with E-state index in [1.54, 1.807) is 36.4 Å². The number of carboxylic acid groups (broad SMARTS) is 1. The van der Waals surface area contributed by atoms with Gasteiger partial charge in [0.25, 0.3) is 0 Å². The van der Waals surface area contributed by atoms with Crippen molar-refractivity contribution in [1.82, 2.24) is 10.2 Å². The van der Waals surface area contributed by atoms with Gasteiger partial charge in [0.2, 0.25) is 0 Å². The number of benzene rings is 1. The van der Waals surface area contributed by atoms with Gasteiger partial charge in [-0.25, -0.2) is 4.79 Å². The van der Waals surface area contributed by atoms with Crippen molar-refractivity contribution in [2.45, 2.75) is 6.42 Å². The molecule has 98 valence electrons. The van der Waals surface area contributed by atoms with Crippen molar-refractivity contribution in [2.75, 3.05) is 11.9 Å². The molecule has 5 nitrogen and oxygen atoms in total. The summed E-state index contributed by atoms with van der Waals surface area (Å²) in [6, 6.07) is 10.2. The highest BCUT2D eigenvalue weighted by Crippen LogP contribution is 2.08. The third-order valence-corrected chi connectivity index (χ3v) is 2.75. The number of aromatic nitrogens is 2. The van der Waals surface area contributed by atoms with Gasteiger partial charge in [-0.1, -0.05) is 23.7 Å². The number of hydrogen-bond donors (Lipinski definition) is 2. The smallest absolute Gasteiger partial charge is 0.335 e. The van der Waals surface area contributed by atoms with Gasteiger partial charge in [0.15, 0.2) is 5.15 Å². The number of nitrogens with one attached hydrogen (secondary N) is 1. The van der Waals surface area contributed by atoms with Crippen molar-refractivity contribution in [3.05, 3.63) is 52.7 Å². The standard InChI is InChI=1S/C13H12ClN3O2/c14-11-5-6-12(17-16-11)15-8-7-9-1-3-10(4-2-9)13(18)19/h1-6H,7-8H2,(H,15,17)(H,18,19). The second-order valence-electron chi connectivity index (χ2n) is 3.92. The number of carbonyl (C=O) groups is 1. The maximum Gasteiger partial charge on any atom is 0.335 e. The summed E-state index contributed by atoms with van der Waals surface area (Å²) in [5, 5.41) is 19.8. The highest BCUT2D eigenvalue weighted by atomic mass is 35.5. The molecule has 0 aliphatic carbocycles. The Morgan fingerprint density at radius 2 is 1.89 bits per heavy atom. The highest BCUT2D eigenvalue weighted by Gasteiger charge is 2.01. The molecule has 0 aliphatic heterocycles. The Hall–Kier alpha value is -2.14. The molecule has 1 heterocycles. The molecule has 0 aliphatic rings. The summed E-state index contributed by atoms with van der Waals surface area (Å²) in [4.78, 5) is 10.7. The van der Waals surface area contributed by atoms with E-state index in [4.69, 9.17) is 16.7 Å². The average Bonchev–Trinajstić information content (AvgIpc) is 2.41. The second kappa shape index (κ2) is 6.15. The zero-order valence-electron chi connectivity index (χ0n) is 10.0. The molecule has 0 radical (unpaired) electrons. The van der Waals surface area contributed by atoms with Gasteiger partial charge < -0.3 is 10.4 Å². The molecule has 6 heteroatoms. The molecule has 0 amide bonds. The van der Waals surface area contributed by atoms with E-state index in [9.17, 15) is 4.79 Å². The lowest BCUT2D eigenvalue weighted by Gasteiger charge is -2.05. The van der Waals surface area contributed by atoms with Crippen molar-refractivity contribution in [3.63, 3.8) is 0 Å². The third-order valence-electron chi connectivity index (χ3n) is 2.55. The molecule has 19 heavy (non-hydrogen) atoms. The maximum atomic E-state index is 10.7. The van der Waals surface area contributed by atoms with Crippen molar-refractivity contribution in [3.8, 4) is 0 Å². The van der Waals surface area contributed by atoms with Crippen molar-refractivity contribution < 1.29 is 9.90 Å². The van der Waals surface area contributed by atoms with Crippen LogP contribution in [0.2, 0.25) is 5.15 Å². The van der Waals surface area contributed by atoms with Crippen LogP contribution in [0, 0.1) is 0 Å². The van der Waals surface area contributed by atoms with Gasteiger partial charge in [-0.05, 0) is 36.2 Å². The molecule has 0 saturated heterocycles. The summed E-state index contributed by atoms with van der Waals surface area (Å²) in [7, 11) is 0. The summed E-state index contributed by atoms with van der Waals surface area (Å²) < 4.78 is 0. The van der Waals surface area contributed by atoms with Crippen molar-refractivity contribution in [2.24, 2.45) is 0 Å². The van der Waals surface area contributed by atoms with Crippen LogP contribution in [0.5, 0.6) is 0 Å². The zero-order chi connectivity index (χ0) is 13.7. The zero-order valence-corrected chi connectivity index (χ0v) is 10.8. The molecule has 0 atom stereocenters. The summed E-state index contributed by atoms with van der Waals surface area (Å²) in [5.74, 6) is -0.257. The lowest BCUT2D eigenvalue weighted by Crippen LogP contribution is -2.07. The fraction of sp³-hybridized carbons (Fsp3) is 0.154. The van der Waals surface area contributed by atoms with Crippen LogP contribution in [0.15, 0.2) is 36.4 Å². The first kappa shape index (κ1) is 13.3. The van der Waals surface area contributed by atoms with Crippen LogP contribution in [-0.4, -0.2) is 27.8 Å². The first-order valence-electron chi connectivity index (χ1n) is 5.70. The monoisotopic (exact) mass is 277 g/mol. The van der Waals surface area contributed by atoms with Gasteiger partial charge in [0.05, 0.1) is 5.56 Å². The molecular formula is C13H12ClN3O2. The Bertz CT molecular complexity index is 555. The number of halogens is 1. The van der Waals surface area contributed by atoms with Crippen LogP contribution in [0.1, 0.15) is 15.9 Å².